The van der Waals surface area contributed by atoms with Gasteiger partial charge in [0, 0.05) is 0 Å². The van der Waals surface area contributed by atoms with Crippen LogP contribution >= 0.6 is 7.26 Å². The highest BCUT2D eigenvalue weighted by atomic mass is 31.2. The minimum atomic E-state index is -2.32. The zero-order chi connectivity index (χ0) is 18.0. The fraction of sp³-hybridized carbons (Fsp3) is 0.0909. The lowest BCUT2D eigenvalue weighted by Crippen LogP contribution is -2.46. The fourth-order valence-corrected chi connectivity index (χ4v) is 8.51. The largest absolute Gasteiger partial charge is 0.384 e. The van der Waals surface area contributed by atoms with Gasteiger partial charge in [0.15, 0.2) is 5.66 Å². The minimum absolute atomic E-state index is 0.104. The number of nitrogens with two attached hydrogens (primary N) is 1. The summed E-state index contributed by atoms with van der Waals surface area (Å²) >= 11 is 0. The molecule has 0 fully saturated rings. The highest BCUT2D eigenvalue weighted by molar-refractivity contribution is 7.97. The summed E-state index contributed by atoms with van der Waals surface area (Å²) in [4.78, 5) is 17.3. The van der Waals surface area contributed by atoms with Gasteiger partial charge in [0.1, 0.15) is 35.6 Å². The second-order valence-electron chi connectivity index (χ2n) is 6.34. The molecule has 0 saturated heterocycles. The SMILES string of the molecule is NC1=NCC(=O)C1[P+](c1ccccc1)(c1ccccc1)c1ccccc1. The second-order valence-corrected chi connectivity index (χ2v) is 9.85. The molecule has 0 spiro atoms. The Morgan fingerprint density at radius 3 is 1.42 bits per heavy atom. The normalized spacial score (nSPS) is 17.2. The molecule has 0 aliphatic carbocycles. The molecule has 1 heterocycles. The molecule has 0 radical (unpaired) electrons. The van der Waals surface area contributed by atoms with Gasteiger partial charge >= 0.3 is 0 Å². The third-order valence-corrected chi connectivity index (χ3v) is 9.55. The maximum Gasteiger partial charge on any atom is 0.203 e. The van der Waals surface area contributed by atoms with Gasteiger partial charge in [-0.3, -0.25) is 9.79 Å². The molecule has 26 heavy (non-hydrogen) atoms. The van der Waals surface area contributed by atoms with E-state index in [4.69, 9.17) is 5.73 Å². The zero-order valence-electron chi connectivity index (χ0n) is 14.3. The summed E-state index contributed by atoms with van der Waals surface area (Å²) in [6.07, 6.45) is 0. The Hall–Kier alpha value is -2.77. The molecule has 2 N–H and O–H groups in total. The first kappa shape index (κ1) is 16.7. The molecule has 1 aliphatic rings. The Kier molecular flexibility index (Phi) is 4.40. The van der Waals surface area contributed by atoms with E-state index in [0.29, 0.717) is 5.84 Å². The molecule has 1 aliphatic heterocycles. The predicted molar refractivity (Wildman–Crippen MR) is 110 cm³/mol. The molecule has 4 rings (SSSR count). The number of carbonyl (C=O) groups is 1. The number of nitrogens with zero attached hydrogens (tertiary/aromatic N) is 1. The number of aliphatic imine (C=N–C) groups is 1. The van der Waals surface area contributed by atoms with E-state index in [2.05, 4.69) is 41.4 Å². The lowest BCUT2D eigenvalue weighted by atomic mass is 10.3. The average Bonchev–Trinajstić information content (AvgIpc) is 3.04. The van der Waals surface area contributed by atoms with Gasteiger partial charge in [0.05, 0.1) is 0 Å². The van der Waals surface area contributed by atoms with Gasteiger partial charge in [0.25, 0.3) is 0 Å². The van der Waals surface area contributed by atoms with Crippen LogP contribution in [-0.2, 0) is 4.79 Å². The number of hydrogen-bond acceptors (Lipinski definition) is 3. The van der Waals surface area contributed by atoms with Gasteiger partial charge in [-0.2, -0.15) is 0 Å². The van der Waals surface area contributed by atoms with E-state index in [1.54, 1.807) is 0 Å². The lowest BCUT2D eigenvalue weighted by Gasteiger charge is -2.31. The molecule has 3 aromatic rings. The van der Waals surface area contributed by atoms with Crippen molar-refractivity contribution in [3.8, 4) is 0 Å². The van der Waals surface area contributed by atoms with Crippen molar-refractivity contribution in [3.63, 3.8) is 0 Å². The molecule has 3 aromatic carbocycles. The second kappa shape index (κ2) is 6.86. The van der Waals surface area contributed by atoms with Crippen LogP contribution in [0.2, 0.25) is 0 Å². The number of carbonyl (C=O) groups excluding carboxylic acids is 1. The van der Waals surface area contributed by atoms with E-state index < -0.39 is 12.9 Å². The topological polar surface area (TPSA) is 55.4 Å². The highest BCUT2D eigenvalue weighted by Crippen LogP contribution is 2.60. The number of ketones is 1. The van der Waals surface area contributed by atoms with E-state index in [0.717, 1.165) is 15.9 Å². The van der Waals surface area contributed by atoms with Gasteiger partial charge < -0.3 is 5.73 Å². The molecule has 0 amide bonds. The molecule has 1 unspecified atom stereocenters. The molecule has 1 atom stereocenters. The first-order chi connectivity index (χ1) is 12.7. The van der Waals surface area contributed by atoms with E-state index >= 15 is 0 Å². The number of rotatable bonds is 4. The van der Waals surface area contributed by atoms with Crippen LogP contribution in [-0.4, -0.2) is 23.8 Å². The lowest BCUT2D eigenvalue weighted by molar-refractivity contribution is -0.115. The maximum atomic E-state index is 13.0. The van der Waals surface area contributed by atoms with E-state index in [9.17, 15) is 4.79 Å². The number of Topliss-reactive ketones (excluding diaryl/α,β-unsaturated/α-hetero) is 1. The quantitative estimate of drug-likeness (QED) is 0.727. The maximum absolute atomic E-state index is 13.0. The molecule has 4 heteroatoms. The van der Waals surface area contributed by atoms with E-state index in [-0.39, 0.29) is 12.3 Å². The molecular formula is C22H20N2OP+. The van der Waals surface area contributed by atoms with Crippen molar-refractivity contribution in [3.05, 3.63) is 91.0 Å². The highest BCUT2D eigenvalue weighted by Gasteiger charge is 2.58. The molecule has 0 aromatic heterocycles. The van der Waals surface area contributed by atoms with Crippen molar-refractivity contribution in [2.24, 2.45) is 10.7 Å². The zero-order valence-corrected chi connectivity index (χ0v) is 15.2. The van der Waals surface area contributed by atoms with Gasteiger partial charge in [-0.05, 0) is 36.4 Å². The van der Waals surface area contributed by atoms with Crippen molar-refractivity contribution in [2.45, 2.75) is 5.66 Å². The summed E-state index contributed by atoms with van der Waals surface area (Å²) in [7, 11) is -2.32. The summed E-state index contributed by atoms with van der Waals surface area (Å²) in [6, 6.07) is 30.9. The van der Waals surface area contributed by atoms with Crippen molar-refractivity contribution >= 4 is 34.8 Å². The van der Waals surface area contributed by atoms with Crippen molar-refractivity contribution < 1.29 is 4.79 Å². The van der Waals surface area contributed by atoms with E-state index in [1.807, 2.05) is 54.6 Å². The molecule has 0 bridgehead atoms. The van der Waals surface area contributed by atoms with Crippen LogP contribution in [0.3, 0.4) is 0 Å². The Morgan fingerprint density at radius 1 is 0.731 bits per heavy atom. The Balaban J connectivity index is 2.11. The predicted octanol–water partition coefficient (Wildman–Crippen LogP) is 2.29. The summed E-state index contributed by atoms with van der Waals surface area (Å²) in [6.45, 7) is 0.171. The van der Waals surface area contributed by atoms with Crippen molar-refractivity contribution in [2.75, 3.05) is 6.54 Å². The van der Waals surface area contributed by atoms with Gasteiger partial charge in [-0.25, -0.2) is 0 Å². The molecule has 128 valence electrons. The third kappa shape index (κ3) is 2.56. The number of amidine groups is 1. The third-order valence-electron chi connectivity index (χ3n) is 4.88. The van der Waals surface area contributed by atoms with Crippen LogP contribution in [0.1, 0.15) is 0 Å². The molecule has 0 saturated carbocycles. The van der Waals surface area contributed by atoms with Crippen LogP contribution in [0, 0.1) is 0 Å². The number of benzene rings is 3. The fourth-order valence-electron chi connectivity index (χ4n) is 3.81. The number of hydrogen-bond donors (Lipinski definition) is 1. The summed E-state index contributed by atoms with van der Waals surface area (Å²) in [5, 5.41) is 3.45. The van der Waals surface area contributed by atoms with Gasteiger partial charge in [-0.1, -0.05) is 54.6 Å². The van der Waals surface area contributed by atoms with Crippen molar-refractivity contribution in [1.29, 1.82) is 0 Å². The Morgan fingerprint density at radius 2 is 1.12 bits per heavy atom. The average molecular weight is 359 g/mol. The van der Waals surface area contributed by atoms with Gasteiger partial charge in [0.2, 0.25) is 5.78 Å². The van der Waals surface area contributed by atoms with Crippen LogP contribution in [0.25, 0.3) is 0 Å². The molecule has 3 nitrogen and oxygen atoms in total. The summed E-state index contributed by atoms with van der Waals surface area (Å²) in [5.74, 6) is 0.562. The van der Waals surface area contributed by atoms with Crippen LogP contribution < -0.4 is 21.6 Å². The standard InChI is InChI=1S/C22H20N2OP/c23-22-21(20(25)16-24-22)26(17-10-4-1-5-11-17,18-12-6-2-7-13-18)19-14-8-3-9-15-19/h1-15,21H,16H2,(H2,23,24)/q+1. The van der Waals surface area contributed by atoms with Gasteiger partial charge in [-0.15, -0.1) is 0 Å². The Labute approximate surface area is 153 Å². The first-order valence-corrected chi connectivity index (χ1v) is 10.5. The Bertz CT molecular complexity index is 843. The monoisotopic (exact) mass is 359 g/mol. The van der Waals surface area contributed by atoms with E-state index in [1.165, 1.54) is 0 Å². The van der Waals surface area contributed by atoms with Crippen LogP contribution in [0.5, 0.6) is 0 Å². The minimum Gasteiger partial charge on any atom is -0.384 e. The summed E-state index contributed by atoms with van der Waals surface area (Å²) in [5.41, 5.74) is 5.92. The van der Waals surface area contributed by atoms with Crippen LogP contribution in [0.15, 0.2) is 96.0 Å². The smallest absolute Gasteiger partial charge is 0.203 e. The first-order valence-electron chi connectivity index (χ1n) is 8.62. The molecular weight excluding hydrogens is 339 g/mol. The van der Waals surface area contributed by atoms with Crippen molar-refractivity contribution in [1.82, 2.24) is 0 Å². The summed E-state index contributed by atoms with van der Waals surface area (Å²) < 4.78 is 0. The van der Waals surface area contributed by atoms with Crippen LogP contribution in [0.4, 0.5) is 0 Å².